The summed E-state index contributed by atoms with van der Waals surface area (Å²) in [6.45, 7) is 18.7. The van der Waals surface area contributed by atoms with E-state index in [1.54, 1.807) is 14.2 Å². The van der Waals surface area contributed by atoms with E-state index >= 15 is 0 Å². The van der Waals surface area contributed by atoms with Crippen molar-refractivity contribution in [2.75, 3.05) is 34.5 Å². The molecule has 4 N–H and O–H groups in total. The minimum atomic E-state index is -0.764. The summed E-state index contributed by atoms with van der Waals surface area (Å²) in [4.78, 5) is 16.0. The highest BCUT2D eigenvalue weighted by molar-refractivity contribution is 5.79. The standard InChI is InChI=1S/C35H63N3O5/c1-23(2)26(17-25-13-14-31(42-11)32(18-25)43-16-12-15-41-10)19-29(36)30(39)20-28(24(3)4)33(40)37-27-21-34(5,6)38(9)35(7,8)22-27/h13-14,18,23-24,26-30,39H,12,15-17,19-22,36H2,1-11H3,(H,37,40)/t26-,28-,29-,30-/m0/s1. The number of amides is 1. The van der Waals surface area contributed by atoms with Crippen molar-refractivity contribution in [3.05, 3.63) is 23.8 Å². The maximum absolute atomic E-state index is 13.6. The number of carbonyl (C=O) groups excluding carboxylic acids is 1. The van der Waals surface area contributed by atoms with Gasteiger partial charge < -0.3 is 30.4 Å². The molecule has 0 aromatic heterocycles. The SMILES string of the molecule is COCCCOc1cc(C[C@@H](C[C@H](N)[C@@H](O)C[C@H](C(=O)NC2CC(C)(C)N(C)C(C)(C)C2)C(C)C)C(C)C)ccc1OC. The van der Waals surface area contributed by atoms with Crippen LogP contribution >= 0.6 is 0 Å². The molecule has 1 aliphatic rings. The van der Waals surface area contributed by atoms with Crippen LogP contribution in [-0.4, -0.2) is 79.7 Å². The van der Waals surface area contributed by atoms with Crippen LogP contribution in [0.5, 0.6) is 11.5 Å². The number of rotatable bonds is 17. The normalized spacial score (nSPS) is 20.1. The van der Waals surface area contributed by atoms with Crippen molar-refractivity contribution in [2.45, 2.75) is 123 Å². The third kappa shape index (κ3) is 10.9. The van der Waals surface area contributed by atoms with Crippen LogP contribution in [0.25, 0.3) is 0 Å². The molecule has 8 heteroatoms. The van der Waals surface area contributed by atoms with Gasteiger partial charge in [-0.05, 0) is 102 Å². The number of likely N-dealkylation sites (tertiary alicyclic amines) is 1. The Kier molecular flexibility index (Phi) is 14.3. The molecule has 0 spiro atoms. The van der Waals surface area contributed by atoms with Gasteiger partial charge in [-0.1, -0.05) is 33.8 Å². The van der Waals surface area contributed by atoms with E-state index in [2.05, 4.69) is 78.7 Å². The fourth-order valence-corrected chi connectivity index (χ4v) is 6.65. The Morgan fingerprint density at radius 2 is 1.65 bits per heavy atom. The number of piperidine rings is 1. The molecule has 0 radical (unpaired) electrons. The van der Waals surface area contributed by atoms with Gasteiger partial charge in [0.15, 0.2) is 11.5 Å². The molecule has 1 aliphatic heterocycles. The summed E-state index contributed by atoms with van der Waals surface area (Å²) in [6.07, 6.45) is 3.66. The lowest BCUT2D eigenvalue weighted by atomic mass is 9.77. The highest BCUT2D eigenvalue weighted by Gasteiger charge is 2.44. The van der Waals surface area contributed by atoms with E-state index in [9.17, 15) is 9.90 Å². The number of aliphatic hydroxyl groups is 1. The van der Waals surface area contributed by atoms with Gasteiger partial charge in [-0.2, -0.15) is 0 Å². The average Bonchev–Trinajstić information content (AvgIpc) is 2.91. The van der Waals surface area contributed by atoms with Crippen molar-refractivity contribution < 1.29 is 24.1 Å². The zero-order chi connectivity index (χ0) is 32.5. The molecule has 0 bridgehead atoms. The van der Waals surface area contributed by atoms with Crippen LogP contribution in [0.15, 0.2) is 18.2 Å². The number of hydrogen-bond acceptors (Lipinski definition) is 7. The molecule has 43 heavy (non-hydrogen) atoms. The summed E-state index contributed by atoms with van der Waals surface area (Å²) >= 11 is 0. The number of nitrogens with zero attached hydrogens (tertiary/aromatic N) is 1. The average molecular weight is 606 g/mol. The first-order valence-corrected chi connectivity index (χ1v) is 16.3. The highest BCUT2D eigenvalue weighted by atomic mass is 16.5. The second-order valence-corrected chi connectivity index (χ2v) is 14.7. The predicted octanol–water partition coefficient (Wildman–Crippen LogP) is 5.43. The van der Waals surface area contributed by atoms with Gasteiger partial charge in [-0.25, -0.2) is 0 Å². The summed E-state index contributed by atoms with van der Waals surface area (Å²) in [5, 5.41) is 14.6. The summed E-state index contributed by atoms with van der Waals surface area (Å²) < 4.78 is 16.6. The molecule has 1 aromatic rings. The Labute approximate surface area is 262 Å². The zero-order valence-corrected chi connectivity index (χ0v) is 29.0. The van der Waals surface area contributed by atoms with E-state index in [0.717, 1.165) is 37.0 Å². The molecular weight excluding hydrogens is 542 g/mol. The fourth-order valence-electron chi connectivity index (χ4n) is 6.65. The molecule has 4 atom stereocenters. The van der Waals surface area contributed by atoms with Crippen molar-refractivity contribution in [3.63, 3.8) is 0 Å². The summed E-state index contributed by atoms with van der Waals surface area (Å²) in [5.74, 6) is 1.88. The number of benzene rings is 1. The van der Waals surface area contributed by atoms with Gasteiger partial charge in [0.05, 0.1) is 19.8 Å². The Bertz CT molecular complexity index is 978. The Morgan fingerprint density at radius 3 is 2.19 bits per heavy atom. The molecule has 1 fully saturated rings. The maximum Gasteiger partial charge on any atom is 0.223 e. The van der Waals surface area contributed by atoms with Crippen LogP contribution in [0.4, 0.5) is 0 Å². The van der Waals surface area contributed by atoms with Crippen molar-refractivity contribution >= 4 is 5.91 Å². The zero-order valence-electron chi connectivity index (χ0n) is 29.0. The molecule has 0 unspecified atom stereocenters. The van der Waals surface area contributed by atoms with Gasteiger partial charge >= 0.3 is 0 Å². The van der Waals surface area contributed by atoms with Crippen LogP contribution in [-0.2, 0) is 16.0 Å². The number of hydrogen-bond donors (Lipinski definition) is 3. The van der Waals surface area contributed by atoms with Gasteiger partial charge in [-0.15, -0.1) is 0 Å². The smallest absolute Gasteiger partial charge is 0.223 e. The van der Waals surface area contributed by atoms with E-state index < -0.39 is 12.1 Å². The van der Waals surface area contributed by atoms with E-state index in [1.807, 2.05) is 12.1 Å². The molecule has 1 aromatic carbocycles. The molecule has 1 saturated heterocycles. The second-order valence-electron chi connectivity index (χ2n) is 14.7. The molecule has 1 heterocycles. The molecule has 1 amide bonds. The largest absolute Gasteiger partial charge is 0.493 e. The van der Waals surface area contributed by atoms with Gasteiger partial charge in [0.25, 0.3) is 0 Å². The van der Waals surface area contributed by atoms with Crippen molar-refractivity contribution in [1.29, 1.82) is 0 Å². The van der Waals surface area contributed by atoms with Crippen molar-refractivity contribution in [3.8, 4) is 11.5 Å². The number of carbonyl (C=O) groups is 1. The summed E-state index contributed by atoms with van der Waals surface area (Å²) in [6, 6.07) is 5.75. The lowest BCUT2D eigenvalue weighted by Gasteiger charge is -2.53. The number of nitrogens with one attached hydrogen (secondary N) is 1. The molecule has 248 valence electrons. The predicted molar refractivity (Wildman–Crippen MR) is 176 cm³/mol. The monoisotopic (exact) mass is 605 g/mol. The first-order chi connectivity index (χ1) is 20.0. The summed E-state index contributed by atoms with van der Waals surface area (Å²) in [5.41, 5.74) is 7.77. The lowest BCUT2D eigenvalue weighted by Crippen LogP contribution is -2.63. The minimum absolute atomic E-state index is 0.0124. The second kappa shape index (κ2) is 16.4. The number of methoxy groups -OCH3 is 2. The van der Waals surface area contributed by atoms with Gasteiger partial charge in [0.1, 0.15) is 0 Å². The molecule has 0 aliphatic carbocycles. The van der Waals surface area contributed by atoms with Crippen LogP contribution in [0.3, 0.4) is 0 Å². The number of ether oxygens (including phenoxy) is 3. The first-order valence-electron chi connectivity index (χ1n) is 16.3. The number of nitrogens with two attached hydrogens (primary N) is 1. The van der Waals surface area contributed by atoms with E-state index in [-0.39, 0.29) is 40.8 Å². The van der Waals surface area contributed by atoms with E-state index in [1.165, 1.54) is 0 Å². The van der Waals surface area contributed by atoms with Gasteiger partial charge in [0.2, 0.25) is 5.91 Å². The molecular formula is C35H63N3O5. The third-order valence-electron chi connectivity index (χ3n) is 9.78. The van der Waals surface area contributed by atoms with Crippen molar-refractivity contribution in [1.82, 2.24) is 10.2 Å². The third-order valence-corrected chi connectivity index (χ3v) is 9.78. The van der Waals surface area contributed by atoms with Gasteiger partial charge in [-0.3, -0.25) is 9.69 Å². The Balaban J connectivity index is 2.05. The van der Waals surface area contributed by atoms with Crippen LogP contribution in [0, 0.1) is 23.7 Å². The van der Waals surface area contributed by atoms with Gasteiger partial charge in [0, 0.05) is 49.2 Å². The topological polar surface area (TPSA) is 106 Å². The first kappa shape index (κ1) is 37.3. The molecule has 2 rings (SSSR count). The Morgan fingerprint density at radius 1 is 1.02 bits per heavy atom. The molecule has 8 nitrogen and oxygen atoms in total. The van der Waals surface area contributed by atoms with Crippen LogP contribution in [0.2, 0.25) is 0 Å². The van der Waals surface area contributed by atoms with Crippen LogP contribution < -0.4 is 20.5 Å². The van der Waals surface area contributed by atoms with Crippen LogP contribution in [0.1, 0.15) is 93.1 Å². The van der Waals surface area contributed by atoms with Crippen molar-refractivity contribution in [2.24, 2.45) is 29.4 Å². The highest BCUT2D eigenvalue weighted by Crippen LogP contribution is 2.37. The quantitative estimate of drug-likeness (QED) is 0.203. The molecule has 0 saturated carbocycles. The fraction of sp³-hybridized carbons (Fsp3) is 0.800. The van der Waals surface area contributed by atoms with E-state index in [0.29, 0.717) is 37.7 Å². The minimum Gasteiger partial charge on any atom is -0.493 e. The summed E-state index contributed by atoms with van der Waals surface area (Å²) in [7, 11) is 5.50. The maximum atomic E-state index is 13.6. The lowest BCUT2D eigenvalue weighted by molar-refractivity contribution is -0.130. The number of aliphatic hydroxyl groups excluding tert-OH is 1. The Hall–Kier alpha value is -1.87. The van der Waals surface area contributed by atoms with E-state index in [4.69, 9.17) is 19.9 Å².